The van der Waals surface area contributed by atoms with Gasteiger partial charge in [0.25, 0.3) is 0 Å². The Balaban J connectivity index is 3.95. The van der Waals surface area contributed by atoms with Crippen LogP contribution in [0.2, 0.25) is 0 Å². The molecule has 0 heterocycles. The number of rotatable bonds is 50. The minimum atomic E-state index is -4.35. The number of quaternary nitrogens is 1. The molecule has 0 aromatic heterocycles. The quantitative estimate of drug-likeness (QED) is 0.0243. The summed E-state index contributed by atoms with van der Waals surface area (Å²) >= 11 is 0. The van der Waals surface area contributed by atoms with Crippen LogP contribution in [0.1, 0.15) is 226 Å². The second kappa shape index (κ2) is 50.4. The van der Waals surface area contributed by atoms with E-state index in [1.807, 2.05) is 27.2 Å². The van der Waals surface area contributed by atoms with Crippen LogP contribution < -0.4 is 5.32 Å². The summed E-state index contributed by atoms with van der Waals surface area (Å²) in [6.45, 7) is 4.63. The van der Waals surface area contributed by atoms with Gasteiger partial charge in [0.15, 0.2) is 0 Å². The van der Waals surface area contributed by atoms with Gasteiger partial charge in [-0.3, -0.25) is 13.8 Å². The normalized spacial score (nSPS) is 14.7. The lowest BCUT2D eigenvalue weighted by atomic mass is 10.0. The molecular formula is C60H108N2O6P+. The number of nitrogens with one attached hydrogen (secondary N) is 1. The summed E-state index contributed by atoms with van der Waals surface area (Å²) in [7, 11) is 1.55. The van der Waals surface area contributed by atoms with E-state index in [9.17, 15) is 19.4 Å². The van der Waals surface area contributed by atoms with E-state index >= 15 is 0 Å². The molecule has 1 amide bonds. The first-order valence-corrected chi connectivity index (χ1v) is 29.6. The second-order valence-electron chi connectivity index (χ2n) is 19.9. The number of hydrogen-bond acceptors (Lipinski definition) is 5. The third kappa shape index (κ3) is 53.1. The summed E-state index contributed by atoms with van der Waals surface area (Å²) < 4.78 is 23.6. The number of aliphatic hydroxyl groups is 1. The Morgan fingerprint density at radius 1 is 0.507 bits per heavy atom. The molecule has 3 N–H and O–H groups in total. The van der Waals surface area contributed by atoms with Gasteiger partial charge < -0.3 is 19.8 Å². The standard InChI is InChI=1S/C60H107N2O6P/c1-6-8-10-12-14-16-18-19-20-21-22-23-24-25-26-27-28-29-30-31-32-33-34-35-36-37-38-39-40-41-42-43-44-46-48-50-52-54-60(64)61-58(57-68-69(65,66)67-56-55-62(3,4)5)59(63)53-51-49-47-45-17-15-13-11-9-7-2/h8,10,14,16-17,19-20,22-23,25-26,28-29,45,51,53,58-59,63H,6-7,9,11-13,15,18,21,24,27,30-44,46-50,52,54-57H2,1-5H3,(H-,61,64,65,66)/p+1/b10-8-,16-14-,20-19-,23-22-,26-25-,29-28-,45-17+,53-51+. The molecule has 0 aliphatic carbocycles. The van der Waals surface area contributed by atoms with Crippen molar-refractivity contribution in [2.45, 2.75) is 238 Å². The van der Waals surface area contributed by atoms with Crippen LogP contribution in [0.3, 0.4) is 0 Å². The summed E-state index contributed by atoms with van der Waals surface area (Å²) in [5.41, 5.74) is 0. The fraction of sp³-hybridized carbons (Fsp3) is 0.717. The van der Waals surface area contributed by atoms with Crippen LogP contribution in [0.25, 0.3) is 0 Å². The number of carbonyl (C=O) groups excluding carboxylic acids is 1. The average molecular weight is 985 g/mol. The lowest BCUT2D eigenvalue weighted by Gasteiger charge is -2.25. The molecule has 0 aromatic carbocycles. The Hall–Kier alpha value is -2.58. The van der Waals surface area contributed by atoms with Crippen molar-refractivity contribution in [2.24, 2.45) is 0 Å². The number of carbonyl (C=O) groups is 1. The molecule has 0 aliphatic heterocycles. The van der Waals surface area contributed by atoms with Gasteiger partial charge >= 0.3 is 7.82 Å². The van der Waals surface area contributed by atoms with E-state index in [1.165, 1.54) is 128 Å². The first-order valence-electron chi connectivity index (χ1n) is 28.1. The summed E-state index contributed by atoms with van der Waals surface area (Å²) in [6.07, 6.45) is 72.5. The van der Waals surface area contributed by atoms with Crippen molar-refractivity contribution in [3.8, 4) is 0 Å². The third-order valence-electron chi connectivity index (χ3n) is 12.0. The zero-order chi connectivity index (χ0) is 50.6. The summed E-state index contributed by atoms with van der Waals surface area (Å²) in [5.74, 6) is -0.191. The SMILES string of the molecule is CC/C=C\C/C=C\C/C=C\C/C=C\C/C=C\C/C=C\CCCCCCCCCCCCCCCCCCCCC(=O)NC(COP(=O)(O)OCC[N+](C)(C)C)C(O)/C=C/CC/C=C/CCCCCC. The molecule has 0 saturated heterocycles. The van der Waals surface area contributed by atoms with E-state index in [1.54, 1.807) is 6.08 Å². The van der Waals surface area contributed by atoms with Crippen molar-refractivity contribution in [1.29, 1.82) is 0 Å². The molecule has 3 unspecified atom stereocenters. The molecule has 398 valence electrons. The number of allylic oxidation sites excluding steroid dienone is 15. The Labute approximate surface area is 426 Å². The van der Waals surface area contributed by atoms with Crippen LogP contribution in [0.5, 0.6) is 0 Å². The molecule has 8 nitrogen and oxygen atoms in total. The molecule has 0 fully saturated rings. The highest BCUT2D eigenvalue weighted by molar-refractivity contribution is 7.47. The number of aliphatic hydroxyl groups excluding tert-OH is 1. The van der Waals surface area contributed by atoms with E-state index < -0.39 is 20.0 Å². The van der Waals surface area contributed by atoms with E-state index in [2.05, 4.69) is 104 Å². The molecule has 0 bridgehead atoms. The number of unbranched alkanes of at least 4 members (excludes halogenated alkanes) is 23. The average Bonchev–Trinajstić information content (AvgIpc) is 3.31. The zero-order valence-electron chi connectivity index (χ0n) is 45.3. The van der Waals surface area contributed by atoms with E-state index in [0.717, 1.165) is 77.0 Å². The van der Waals surface area contributed by atoms with Gasteiger partial charge in [0, 0.05) is 6.42 Å². The predicted molar refractivity (Wildman–Crippen MR) is 299 cm³/mol. The Morgan fingerprint density at radius 2 is 0.884 bits per heavy atom. The van der Waals surface area contributed by atoms with Crippen molar-refractivity contribution in [3.63, 3.8) is 0 Å². The van der Waals surface area contributed by atoms with E-state index in [-0.39, 0.29) is 19.1 Å². The highest BCUT2D eigenvalue weighted by Crippen LogP contribution is 2.43. The Bertz CT molecular complexity index is 1440. The van der Waals surface area contributed by atoms with Crippen LogP contribution in [0.4, 0.5) is 0 Å². The fourth-order valence-corrected chi connectivity index (χ4v) is 8.38. The lowest BCUT2D eigenvalue weighted by Crippen LogP contribution is -2.45. The minimum Gasteiger partial charge on any atom is -0.387 e. The summed E-state index contributed by atoms with van der Waals surface area (Å²) in [6, 6.07) is -0.865. The van der Waals surface area contributed by atoms with Crippen molar-refractivity contribution >= 4 is 13.7 Å². The molecular weight excluding hydrogens is 876 g/mol. The van der Waals surface area contributed by atoms with Gasteiger partial charge in [0.1, 0.15) is 13.2 Å². The van der Waals surface area contributed by atoms with Crippen LogP contribution in [-0.4, -0.2) is 73.4 Å². The van der Waals surface area contributed by atoms with Gasteiger partial charge in [0.05, 0.1) is 39.9 Å². The Morgan fingerprint density at radius 3 is 1.33 bits per heavy atom. The number of hydrogen-bond donors (Lipinski definition) is 3. The highest BCUT2D eigenvalue weighted by atomic mass is 31.2. The number of phosphoric acid groups is 1. The first-order chi connectivity index (χ1) is 33.5. The van der Waals surface area contributed by atoms with Gasteiger partial charge in [0.2, 0.25) is 5.91 Å². The molecule has 0 radical (unpaired) electrons. The lowest BCUT2D eigenvalue weighted by molar-refractivity contribution is -0.870. The maximum absolute atomic E-state index is 12.9. The molecule has 9 heteroatoms. The monoisotopic (exact) mass is 984 g/mol. The van der Waals surface area contributed by atoms with Crippen LogP contribution >= 0.6 is 7.82 Å². The smallest absolute Gasteiger partial charge is 0.387 e. The van der Waals surface area contributed by atoms with Gasteiger partial charge in [-0.15, -0.1) is 0 Å². The zero-order valence-corrected chi connectivity index (χ0v) is 46.2. The van der Waals surface area contributed by atoms with Gasteiger partial charge in [-0.1, -0.05) is 233 Å². The van der Waals surface area contributed by atoms with Crippen LogP contribution in [0.15, 0.2) is 97.2 Å². The topological polar surface area (TPSA) is 105 Å². The van der Waals surface area contributed by atoms with Gasteiger partial charge in [-0.2, -0.15) is 0 Å². The van der Waals surface area contributed by atoms with Crippen LogP contribution in [-0.2, 0) is 18.4 Å². The van der Waals surface area contributed by atoms with Gasteiger partial charge in [-0.05, 0) is 83.5 Å². The first kappa shape index (κ1) is 66.4. The number of phosphoric ester groups is 1. The van der Waals surface area contributed by atoms with E-state index in [0.29, 0.717) is 17.4 Å². The van der Waals surface area contributed by atoms with Crippen molar-refractivity contribution in [1.82, 2.24) is 5.32 Å². The molecule has 3 atom stereocenters. The van der Waals surface area contributed by atoms with Crippen molar-refractivity contribution < 1.29 is 32.9 Å². The minimum absolute atomic E-state index is 0.0535. The molecule has 0 saturated carbocycles. The largest absolute Gasteiger partial charge is 0.472 e. The number of amides is 1. The number of nitrogens with zero attached hydrogens (tertiary/aromatic N) is 1. The fourth-order valence-electron chi connectivity index (χ4n) is 7.65. The Kier molecular flexibility index (Phi) is 48.5. The number of likely N-dealkylation sites (N-methyl/N-ethyl adjacent to an activating group) is 1. The molecule has 0 spiro atoms. The van der Waals surface area contributed by atoms with Crippen molar-refractivity contribution in [2.75, 3.05) is 40.9 Å². The predicted octanol–water partition coefficient (Wildman–Crippen LogP) is 17.0. The molecule has 69 heavy (non-hydrogen) atoms. The maximum atomic E-state index is 12.9. The summed E-state index contributed by atoms with van der Waals surface area (Å²) in [4.78, 5) is 23.2. The van der Waals surface area contributed by atoms with Gasteiger partial charge in [-0.25, -0.2) is 4.57 Å². The highest BCUT2D eigenvalue weighted by Gasteiger charge is 2.27. The van der Waals surface area contributed by atoms with Crippen LogP contribution in [0, 0.1) is 0 Å². The second-order valence-corrected chi connectivity index (χ2v) is 21.4. The van der Waals surface area contributed by atoms with Crippen molar-refractivity contribution in [3.05, 3.63) is 97.2 Å². The molecule has 0 aromatic rings. The van der Waals surface area contributed by atoms with E-state index in [4.69, 9.17) is 9.05 Å². The third-order valence-corrected chi connectivity index (χ3v) is 13.0. The summed E-state index contributed by atoms with van der Waals surface area (Å²) in [5, 5.41) is 13.8. The molecule has 0 aliphatic rings. The molecule has 0 rings (SSSR count). The maximum Gasteiger partial charge on any atom is 0.472 e.